The van der Waals surface area contributed by atoms with Crippen molar-refractivity contribution in [1.82, 2.24) is 0 Å². The fourth-order valence-electron chi connectivity index (χ4n) is 0.648. The Hall–Kier alpha value is -0.917. The van der Waals surface area contributed by atoms with E-state index in [2.05, 4.69) is 13.8 Å². The maximum absolute atomic E-state index is 10.2. The van der Waals surface area contributed by atoms with Crippen LogP contribution in [0, 0.1) is 11.8 Å². The summed E-state index contributed by atoms with van der Waals surface area (Å²) in [7, 11) is 0. The van der Waals surface area contributed by atoms with Gasteiger partial charge in [-0.3, -0.25) is 9.59 Å². The zero-order chi connectivity index (χ0) is 21.7. The van der Waals surface area contributed by atoms with Gasteiger partial charge < -0.3 is 30.0 Å². The van der Waals surface area contributed by atoms with Gasteiger partial charge in [0, 0.05) is 13.2 Å². The van der Waals surface area contributed by atoms with Crippen LogP contribution >= 0.6 is 0 Å². The molecule has 27 heavy (non-hydrogen) atoms. The number of ketones is 2. The quantitative estimate of drug-likeness (QED) is 0.450. The first-order valence-electron chi connectivity index (χ1n) is 8.58. The Morgan fingerprint density at radius 1 is 0.741 bits per heavy atom. The standard InChI is InChI=1S/2C5H8O3.2C4H10O.Zr/c2*1-3(4(2)6)5(7)8;2*1-2-3-4-5;/h2*3H,1-2H3,(H,7,8);2*5H,2-4H2,1H3;/q;;;;+2/p-2. The molecule has 2 unspecified atom stereocenters. The molecule has 8 nitrogen and oxygen atoms in total. The normalized spacial score (nSPS) is 10.7. The Balaban J connectivity index is -0.0000000807. The molecule has 9 heteroatoms. The molecule has 2 N–H and O–H groups in total. The number of aliphatic hydroxyl groups excluding tert-OH is 2. The number of rotatable bonds is 8. The summed E-state index contributed by atoms with van der Waals surface area (Å²) >= 11 is 0. The monoisotopic (exact) mass is 468 g/mol. The summed E-state index contributed by atoms with van der Waals surface area (Å²) in [5.41, 5.74) is 0. The predicted octanol–water partition coefficient (Wildman–Crippen LogP) is -0.522. The minimum absolute atomic E-state index is 0. The van der Waals surface area contributed by atoms with Crippen LogP contribution in [0.25, 0.3) is 0 Å². The first-order valence-corrected chi connectivity index (χ1v) is 8.58. The summed E-state index contributed by atoms with van der Waals surface area (Å²) in [6.07, 6.45) is 4.08. The molecule has 0 aliphatic heterocycles. The van der Waals surface area contributed by atoms with Gasteiger partial charge in [0.2, 0.25) is 0 Å². The number of Topliss-reactive ketones (excluding diaryl/α,β-unsaturated/α-hetero) is 2. The number of aliphatic carboxylic acids is 2. The van der Waals surface area contributed by atoms with Gasteiger partial charge in [-0.2, -0.15) is 0 Å². The van der Waals surface area contributed by atoms with E-state index in [9.17, 15) is 29.4 Å². The van der Waals surface area contributed by atoms with E-state index in [1.165, 1.54) is 27.7 Å². The molecule has 0 fully saturated rings. The molecule has 2 atom stereocenters. The van der Waals surface area contributed by atoms with Crippen molar-refractivity contribution in [3.05, 3.63) is 0 Å². The van der Waals surface area contributed by atoms with Crippen molar-refractivity contribution in [3.63, 3.8) is 0 Å². The third-order valence-corrected chi connectivity index (χ3v) is 2.95. The van der Waals surface area contributed by atoms with E-state index in [0.717, 1.165) is 25.7 Å². The number of carbonyl (C=O) groups is 4. The number of hydrogen-bond acceptors (Lipinski definition) is 8. The Labute approximate surface area is 181 Å². The van der Waals surface area contributed by atoms with Crippen molar-refractivity contribution < 1.29 is 65.8 Å². The molecule has 0 aliphatic rings. The fourth-order valence-corrected chi connectivity index (χ4v) is 0.648. The molecule has 0 bridgehead atoms. The van der Waals surface area contributed by atoms with Crippen LogP contribution in [0.5, 0.6) is 0 Å². The zero-order valence-electron chi connectivity index (χ0n) is 17.2. The number of carboxylic acids is 2. The van der Waals surface area contributed by atoms with Crippen LogP contribution in [0.2, 0.25) is 0 Å². The summed E-state index contributed by atoms with van der Waals surface area (Å²) < 4.78 is 0. The van der Waals surface area contributed by atoms with E-state index in [-0.39, 0.29) is 37.8 Å². The van der Waals surface area contributed by atoms with Gasteiger partial charge in [0.1, 0.15) is 11.6 Å². The molecular formula is C18H34O8Zr. The Morgan fingerprint density at radius 2 is 0.963 bits per heavy atom. The zero-order valence-corrected chi connectivity index (χ0v) is 19.7. The summed E-state index contributed by atoms with van der Waals surface area (Å²) in [4.78, 5) is 39.9. The van der Waals surface area contributed by atoms with Gasteiger partial charge in [-0.15, -0.1) is 0 Å². The molecule has 0 amide bonds. The number of unbranched alkanes of at least 4 members (excludes halogenated alkanes) is 2. The van der Waals surface area contributed by atoms with E-state index in [4.69, 9.17) is 10.2 Å². The van der Waals surface area contributed by atoms with Crippen LogP contribution in [0.4, 0.5) is 0 Å². The second-order valence-electron chi connectivity index (χ2n) is 5.46. The largest absolute Gasteiger partial charge is 2.00 e. The van der Waals surface area contributed by atoms with Crippen molar-refractivity contribution in [1.29, 1.82) is 0 Å². The van der Waals surface area contributed by atoms with Crippen molar-refractivity contribution in [3.8, 4) is 0 Å². The Morgan fingerprint density at radius 3 is 0.963 bits per heavy atom. The van der Waals surface area contributed by atoms with Gasteiger partial charge in [-0.25, -0.2) is 0 Å². The predicted molar refractivity (Wildman–Crippen MR) is 93.7 cm³/mol. The summed E-state index contributed by atoms with van der Waals surface area (Å²) in [5, 5.41) is 35.8. The molecule has 0 spiro atoms. The molecule has 0 aromatic carbocycles. The molecule has 0 rings (SSSR count). The maximum Gasteiger partial charge on any atom is 2.00 e. The van der Waals surface area contributed by atoms with Crippen LogP contribution in [-0.4, -0.2) is 46.9 Å². The van der Waals surface area contributed by atoms with Crippen LogP contribution in [0.1, 0.15) is 67.2 Å². The number of carbonyl (C=O) groups excluding carboxylic acids is 4. The Kier molecular flexibility index (Phi) is 37.3. The van der Waals surface area contributed by atoms with Crippen LogP contribution in [-0.2, 0) is 45.4 Å². The first-order chi connectivity index (χ1) is 11.9. The molecule has 0 aromatic heterocycles. The molecule has 0 saturated heterocycles. The van der Waals surface area contributed by atoms with E-state index in [1.54, 1.807) is 0 Å². The topological polar surface area (TPSA) is 155 Å². The molecule has 158 valence electrons. The van der Waals surface area contributed by atoms with Crippen molar-refractivity contribution in [2.24, 2.45) is 11.8 Å². The maximum atomic E-state index is 10.2. The molecular weight excluding hydrogens is 435 g/mol. The first kappa shape index (κ1) is 36.9. The van der Waals surface area contributed by atoms with Gasteiger partial charge in [0.25, 0.3) is 0 Å². The van der Waals surface area contributed by atoms with Crippen molar-refractivity contribution in [2.75, 3.05) is 13.2 Å². The third-order valence-electron chi connectivity index (χ3n) is 2.95. The SMILES string of the molecule is CC(=O)C(C)C(=O)[O-].CC(=O)C(C)C(=O)[O-].CCCCO.CCCCO.[Zr+2]. The van der Waals surface area contributed by atoms with E-state index < -0.39 is 23.8 Å². The number of hydrogen-bond donors (Lipinski definition) is 2. The van der Waals surface area contributed by atoms with Gasteiger partial charge in [0.05, 0.1) is 23.8 Å². The van der Waals surface area contributed by atoms with Gasteiger partial charge in [-0.1, -0.05) is 40.5 Å². The van der Waals surface area contributed by atoms with Crippen molar-refractivity contribution >= 4 is 23.5 Å². The molecule has 0 heterocycles. The summed E-state index contributed by atoms with van der Waals surface area (Å²) in [6.45, 7) is 9.84. The Bertz CT molecular complexity index is 318. The van der Waals surface area contributed by atoms with E-state index >= 15 is 0 Å². The minimum atomic E-state index is -1.31. The second kappa shape index (κ2) is 27.3. The van der Waals surface area contributed by atoms with Crippen LogP contribution in [0.3, 0.4) is 0 Å². The van der Waals surface area contributed by atoms with Gasteiger partial charge >= 0.3 is 26.2 Å². The molecule has 0 aliphatic carbocycles. The minimum Gasteiger partial charge on any atom is -0.549 e. The average molecular weight is 470 g/mol. The molecule has 0 radical (unpaired) electrons. The number of aliphatic hydroxyl groups is 2. The summed E-state index contributed by atoms with van der Waals surface area (Å²) in [6, 6.07) is 0. The summed E-state index contributed by atoms with van der Waals surface area (Å²) in [5.74, 6) is -5.28. The van der Waals surface area contributed by atoms with Crippen LogP contribution in [0.15, 0.2) is 0 Å². The van der Waals surface area contributed by atoms with Gasteiger partial charge in [0.15, 0.2) is 0 Å². The number of carboxylic acid groups (broad SMARTS) is 2. The fraction of sp³-hybridized carbons (Fsp3) is 0.778. The second-order valence-corrected chi connectivity index (χ2v) is 5.46. The van der Waals surface area contributed by atoms with Gasteiger partial charge in [-0.05, 0) is 26.7 Å². The average Bonchev–Trinajstić information content (AvgIpc) is 2.56. The molecule has 0 saturated carbocycles. The van der Waals surface area contributed by atoms with Crippen LogP contribution < -0.4 is 10.2 Å². The van der Waals surface area contributed by atoms with E-state index in [0.29, 0.717) is 13.2 Å². The third kappa shape index (κ3) is 36.7. The molecule has 0 aromatic rings. The van der Waals surface area contributed by atoms with E-state index in [1.807, 2.05) is 0 Å². The smallest absolute Gasteiger partial charge is 0.549 e. The van der Waals surface area contributed by atoms with Crippen molar-refractivity contribution in [2.45, 2.75) is 67.2 Å².